The molecule has 0 atom stereocenters. The van der Waals surface area contributed by atoms with Crippen LogP contribution in [0.5, 0.6) is 0 Å². The van der Waals surface area contributed by atoms with E-state index in [-0.39, 0.29) is 18.0 Å². The third-order valence-corrected chi connectivity index (χ3v) is 2.31. The van der Waals surface area contributed by atoms with Gasteiger partial charge >= 0.3 is 6.03 Å². The van der Waals surface area contributed by atoms with Crippen LogP contribution < -0.4 is 16.6 Å². The van der Waals surface area contributed by atoms with Crippen molar-refractivity contribution in [1.29, 1.82) is 0 Å². The van der Waals surface area contributed by atoms with Crippen molar-refractivity contribution in [3.8, 4) is 0 Å². The predicted octanol–water partition coefficient (Wildman–Crippen LogP) is -0.830. The summed E-state index contributed by atoms with van der Waals surface area (Å²) in [5.74, 6) is 4.99. The Morgan fingerprint density at radius 3 is 2.36 bits per heavy atom. The van der Waals surface area contributed by atoms with E-state index in [1.807, 2.05) is 0 Å². The molecule has 3 amide bonds. The molecule has 0 aromatic rings. The lowest BCUT2D eigenvalue weighted by Crippen LogP contribution is -2.50. The van der Waals surface area contributed by atoms with Crippen molar-refractivity contribution in [3.05, 3.63) is 0 Å². The van der Waals surface area contributed by atoms with Gasteiger partial charge in [-0.25, -0.2) is 10.6 Å². The standard InChI is InChI=1S/C8H16N4O2/c1-6(13)10-7-2-4-12(5-3-7)8(14)11-9/h7H,2-5,9H2,1H3,(H,10,13)(H,11,14). The second-order valence-electron chi connectivity index (χ2n) is 3.41. The highest BCUT2D eigenvalue weighted by Gasteiger charge is 2.22. The summed E-state index contributed by atoms with van der Waals surface area (Å²) in [7, 11) is 0. The maximum Gasteiger partial charge on any atom is 0.331 e. The van der Waals surface area contributed by atoms with Crippen LogP contribution >= 0.6 is 0 Å². The first-order valence-corrected chi connectivity index (χ1v) is 4.66. The lowest BCUT2D eigenvalue weighted by molar-refractivity contribution is -0.119. The van der Waals surface area contributed by atoms with Gasteiger partial charge < -0.3 is 10.2 Å². The zero-order chi connectivity index (χ0) is 10.6. The first kappa shape index (κ1) is 10.8. The van der Waals surface area contributed by atoms with Crippen molar-refractivity contribution < 1.29 is 9.59 Å². The monoisotopic (exact) mass is 200 g/mol. The minimum absolute atomic E-state index is 0.0215. The number of nitrogens with zero attached hydrogens (tertiary/aromatic N) is 1. The molecule has 1 saturated heterocycles. The van der Waals surface area contributed by atoms with Crippen LogP contribution in [0.1, 0.15) is 19.8 Å². The van der Waals surface area contributed by atoms with Gasteiger partial charge in [-0.2, -0.15) is 0 Å². The third kappa shape index (κ3) is 2.88. The minimum Gasteiger partial charge on any atom is -0.353 e. The van der Waals surface area contributed by atoms with E-state index < -0.39 is 0 Å². The molecule has 1 fully saturated rings. The smallest absolute Gasteiger partial charge is 0.331 e. The average molecular weight is 200 g/mol. The number of hydrazine groups is 1. The molecule has 1 aliphatic rings. The van der Waals surface area contributed by atoms with Crippen molar-refractivity contribution in [2.45, 2.75) is 25.8 Å². The lowest BCUT2D eigenvalue weighted by Gasteiger charge is -2.31. The number of carbonyl (C=O) groups is 2. The Bertz CT molecular complexity index is 223. The van der Waals surface area contributed by atoms with E-state index in [4.69, 9.17) is 5.84 Å². The van der Waals surface area contributed by atoms with Gasteiger partial charge in [0.2, 0.25) is 5.91 Å². The van der Waals surface area contributed by atoms with Gasteiger partial charge in [0.05, 0.1) is 0 Å². The number of rotatable bonds is 1. The summed E-state index contributed by atoms with van der Waals surface area (Å²) in [5.41, 5.74) is 2.09. The lowest BCUT2D eigenvalue weighted by atomic mass is 10.1. The molecular weight excluding hydrogens is 184 g/mol. The molecule has 1 heterocycles. The normalized spacial score (nSPS) is 17.7. The molecule has 0 bridgehead atoms. The van der Waals surface area contributed by atoms with Gasteiger partial charge in [-0.05, 0) is 12.8 Å². The molecule has 0 radical (unpaired) electrons. The summed E-state index contributed by atoms with van der Waals surface area (Å²) in [6.07, 6.45) is 1.57. The summed E-state index contributed by atoms with van der Waals surface area (Å²) in [6.45, 7) is 2.76. The number of nitrogens with two attached hydrogens (primary N) is 1. The van der Waals surface area contributed by atoms with Crippen molar-refractivity contribution in [2.75, 3.05) is 13.1 Å². The average Bonchev–Trinajstić information content (AvgIpc) is 2.17. The second kappa shape index (κ2) is 4.80. The number of amides is 3. The summed E-state index contributed by atoms with van der Waals surface area (Å²) in [6, 6.07) is -0.0689. The molecule has 0 aromatic carbocycles. The fraction of sp³-hybridized carbons (Fsp3) is 0.750. The van der Waals surface area contributed by atoms with E-state index in [0.717, 1.165) is 12.8 Å². The number of hydrogen-bond acceptors (Lipinski definition) is 3. The molecule has 6 heteroatoms. The van der Waals surface area contributed by atoms with Crippen LogP contribution in [0.15, 0.2) is 0 Å². The first-order valence-electron chi connectivity index (χ1n) is 4.66. The SMILES string of the molecule is CC(=O)NC1CCN(C(=O)NN)CC1. The Kier molecular flexibility index (Phi) is 3.70. The Morgan fingerprint density at radius 2 is 1.93 bits per heavy atom. The van der Waals surface area contributed by atoms with Crippen LogP contribution in [0.4, 0.5) is 4.79 Å². The topological polar surface area (TPSA) is 87.5 Å². The minimum atomic E-state index is -0.258. The fourth-order valence-corrected chi connectivity index (χ4v) is 1.61. The number of urea groups is 1. The maximum atomic E-state index is 11.1. The zero-order valence-corrected chi connectivity index (χ0v) is 8.25. The summed E-state index contributed by atoms with van der Waals surface area (Å²) in [4.78, 5) is 23.5. The third-order valence-electron chi connectivity index (χ3n) is 2.31. The van der Waals surface area contributed by atoms with E-state index in [0.29, 0.717) is 13.1 Å². The van der Waals surface area contributed by atoms with Gasteiger partial charge in [-0.15, -0.1) is 0 Å². The van der Waals surface area contributed by atoms with E-state index >= 15 is 0 Å². The molecular formula is C8H16N4O2. The van der Waals surface area contributed by atoms with E-state index in [9.17, 15) is 9.59 Å². The molecule has 14 heavy (non-hydrogen) atoms. The molecule has 0 spiro atoms. The quantitative estimate of drug-likeness (QED) is 0.293. The molecule has 1 rings (SSSR count). The maximum absolute atomic E-state index is 11.1. The van der Waals surface area contributed by atoms with Crippen LogP contribution in [0.2, 0.25) is 0 Å². The van der Waals surface area contributed by atoms with E-state index in [1.54, 1.807) is 4.90 Å². The summed E-state index contributed by atoms with van der Waals surface area (Å²) in [5, 5.41) is 2.83. The van der Waals surface area contributed by atoms with Gasteiger partial charge in [-0.3, -0.25) is 10.2 Å². The summed E-state index contributed by atoms with van der Waals surface area (Å²) < 4.78 is 0. The Morgan fingerprint density at radius 1 is 1.36 bits per heavy atom. The molecule has 0 aromatic heterocycles. The van der Waals surface area contributed by atoms with Crippen LogP contribution in [0, 0.1) is 0 Å². The Hall–Kier alpha value is -1.30. The van der Waals surface area contributed by atoms with Gasteiger partial charge in [0.25, 0.3) is 0 Å². The van der Waals surface area contributed by atoms with Crippen LogP contribution in [-0.4, -0.2) is 36.0 Å². The van der Waals surface area contributed by atoms with Crippen molar-refractivity contribution in [1.82, 2.24) is 15.6 Å². The molecule has 4 N–H and O–H groups in total. The van der Waals surface area contributed by atoms with Crippen molar-refractivity contribution in [2.24, 2.45) is 5.84 Å². The van der Waals surface area contributed by atoms with Crippen LogP contribution in [0.3, 0.4) is 0 Å². The molecule has 0 aliphatic carbocycles. The Labute approximate surface area is 82.8 Å². The Balaban J connectivity index is 2.31. The molecule has 0 unspecified atom stereocenters. The van der Waals surface area contributed by atoms with Gasteiger partial charge in [-0.1, -0.05) is 0 Å². The van der Waals surface area contributed by atoms with E-state index in [2.05, 4.69) is 10.7 Å². The highest BCUT2D eigenvalue weighted by molar-refractivity contribution is 5.74. The largest absolute Gasteiger partial charge is 0.353 e. The molecule has 80 valence electrons. The highest BCUT2D eigenvalue weighted by atomic mass is 16.2. The van der Waals surface area contributed by atoms with E-state index in [1.165, 1.54) is 6.92 Å². The highest BCUT2D eigenvalue weighted by Crippen LogP contribution is 2.09. The zero-order valence-electron chi connectivity index (χ0n) is 8.25. The molecule has 1 aliphatic heterocycles. The van der Waals surface area contributed by atoms with Gasteiger partial charge in [0.15, 0.2) is 0 Å². The predicted molar refractivity (Wildman–Crippen MR) is 51.1 cm³/mol. The van der Waals surface area contributed by atoms with Crippen molar-refractivity contribution in [3.63, 3.8) is 0 Å². The van der Waals surface area contributed by atoms with Crippen molar-refractivity contribution >= 4 is 11.9 Å². The number of carbonyl (C=O) groups excluding carboxylic acids is 2. The van der Waals surface area contributed by atoms with Gasteiger partial charge in [0.1, 0.15) is 0 Å². The van der Waals surface area contributed by atoms with Crippen LogP contribution in [0.25, 0.3) is 0 Å². The number of hydrogen-bond donors (Lipinski definition) is 3. The first-order chi connectivity index (χ1) is 6.63. The fourth-order valence-electron chi connectivity index (χ4n) is 1.61. The van der Waals surface area contributed by atoms with Crippen LogP contribution in [-0.2, 0) is 4.79 Å². The summed E-state index contributed by atoms with van der Waals surface area (Å²) >= 11 is 0. The number of likely N-dealkylation sites (tertiary alicyclic amines) is 1. The van der Waals surface area contributed by atoms with Gasteiger partial charge in [0, 0.05) is 26.1 Å². The second-order valence-corrected chi connectivity index (χ2v) is 3.41. The molecule has 0 saturated carbocycles. The molecule has 6 nitrogen and oxygen atoms in total. The number of nitrogens with one attached hydrogen (secondary N) is 2. The number of piperidine rings is 1.